The molecule has 0 bridgehead atoms. The second-order valence-corrected chi connectivity index (χ2v) is 8.54. The average Bonchev–Trinajstić information content (AvgIpc) is 3.08. The predicted molar refractivity (Wildman–Crippen MR) is 109 cm³/mol. The van der Waals surface area contributed by atoms with Crippen LogP contribution in [0, 0.1) is 0 Å². The number of thioether (sulfide) groups is 1. The maximum absolute atomic E-state index is 13.7. The maximum atomic E-state index is 13.7. The number of aromatic nitrogens is 3. The lowest BCUT2D eigenvalue weighted by molar-refractivity contribution is -0.137. The number of likely N-dealkylation sites (tertiary alicyclic amines) is 1. The highest BCUT2D eigenvalue weighted by atomic mass is 32.2. The molecule has 0 aliphatic carbocycles. The molecule has 164 valence electrons. The van der Waals surface area contributed by atoms with Crippen molar-refractivity contribution in [1.29, 1.82) is 0 Å². The van der Waals surface area contributed by atoms with Gasteiger partial charge in [0.1, 0.15) is 0 Å². The molecule has 1 amide bonds. The van der Waals surface area contributed by atoms with Crippen LogP contribution in [0.4, 0.5) is 13.2 Å². The Morgan fingerprint density at radius 1 is 1.17 bits per heavy atom. The number of rotatable bonds is 7. The number of hydrogen-bond acceptors (Lipinski definition) is 5. The Bertz CT molecular complexity index is 862. The maximum Gasteiger partial charge on any atom is 0.418 e. The molecule has 2 aromatic rings. The number of nitrogens with one attached hydrogen (secondary N) is 1. The zero-order valence-electron chi connectivity index (χ0n) is 17.1. The third-order valence-corrected chi connectivity index (χ3v) is 5.68. The monoisotopic (exact) mass is 441 g/mol. The van der Waals surface area contributed by atoms with Gasteiger partial charge in [-0.2, -0.15) is 13.2 Å². The van der Waals surface area contributed by atoms with Crippen molar-refractivity contribution in [2.75, 3.05) is 18.8 Å². The molecule has 1 aliphatic rings. The summed E-state index contributed by atoms with van der Waals surface area (Å²) in [7, 11) is 0. The van der Waals surface area contributed by atoms with Crippen LogP contribution >= 0.6 is 11.8 Å². The normalized spacial score (nSPS) is 15.5. The topological polar surface area (TPSA) is 63.1 Å². The van der Waals surface area contributed by atoms with Crippen LogP contribution in [-0.4, -0.2) is 50.5 Å². The first-order valence-electron chi connectivity index (χ1n) is 10.0. The van der Waals surface area contributed by atoms with Crippen LogP contribution < -0.4 is 5.32 Å². The molecule has 0 spiro atoms. The summed E-state index contributed by atoms with van der Waals surface area (Å²) in [6.07, 6.45) is -1.24. The Labute approximate surface area is 178 Å². The van der Waals surface area contributed by atoms with Crippen molar-refractivity contribution in [2.45, 2.75) is 57.0 Å². The molecule has 10 heteroatoms. The Balaban J connectivity index is 1.95. The van der Waals surface area contributed by atoms with E-state index in [1.807, 2.05) is 13.8 Å². The smallest absolute Gasteiger partial charge is 0.353 e. The summed E-state index contributed by atoms with van der Waals surface area (Å²) in [6, 6.07) is 5.39. The molecular formula is C20H26F3N5OS. The molecule has 1 aromatic heterocycles. The van der Waals surface area contributed by atoms with E-state index in [9.17, 15) is 18.0 Å². The summed E-state index contributed by atoms with van der Waals surface area (Å²) in [5.74, 6) is 0.292. The van der Waals surface area contributed by atoms with E-state index < -0.39 is 11.7 Å². The SMILES string of the molecule is CC(C)NC(=O)CSc1nnc(CN2CCCCC2)n1-c1ccccc1C(F)(F)F. The molecule has 1 aliphatic heterocycles. The molecule has 0 saturated carbocycles. The van der Waals surface area contributed by atoms with Gasteiger partial charge < -0.3 is 5.32 Å². The molecule has 30 heavy (non-hydrogen) atoms. The van der Waals surface area contributed by atoms with Crippen LogP contribution in [0.1, 0.15) is 44.5 Å². The van der Waals surface area contributed by atoms with Gasteiger partial charge in [0.25, 0.3) is 0 Å². The first kappa shape index (κ1) is 22.6. The van der Waals surface area contributed by atoms with Crippen molar-refractivity contribution in [3.8, 4) is 5.69 Å². The van der Waals surface area contributed by atoms with Crippen LogP contribution in [0.25, 0.3) is 5.69 Å². The summed E-state index contributed by atoms with van der Waals surface area (Å²) in [4.78, 5) is 14.2. The third-order valence-electron chi connectivity index (χ3n) is 4.75. The van der Waals surface area contributed by atoms with Crippen molar-refractivity contribution in [3.63, 3.8) is 0 Å². The molecular weight excluding hydrogens is 415 g/mol. The van der Waals surface area contributed by atoms with Crippen molar-refractivity contribution in [1.82, 2.24) is 25.0 Å². The van der Waals surface area contributed by atoms with Crippen molar-refractivity contribution >= 4 is 17.7 Å². The zero-order chi connectivity index (χ0) is 21.7. The average molecular weight is 442 g/mol. The van der Waals surface area contributed by atoms with Gasteiger partial charge in [-0.05, 0) is 51.9 Å². The first-order chi connectivity index (χ1) is 14.3. The number of carbonyl (C=O) groups is 1. The summed E-state index contributed by atoms with van der Waals surface area (Å²) < 4.78 is 42.5. The lowest BCUT2D eigenvalue weighted by Crippen LogP contribution is -2.31. The van der Waals surface area contributed by atoms with E-state index in [0.717, 1.165) is 50.2 Å². The number of halogens is 3. The minimum atomic E-state index is -4.51. The van der Waals surface area contributed by atoms with E-state index in [2.05, 4.69) is 20.4 Å². The first-order valence-corrected chi connectivity index (χ1v) is 11.0. The lowest BCUT2D eigenvalue weighted by atomic mass is 10.1. The summed E-state index contributed by atoms with van der Waals surface area (Å²) in [5.41, 5.74) is -0.771. The van der Waals surface area contributed by atoms with Crippen molar-refractivity contribution in [2.24, 2.45) is 0 Å². The molecule has 1 N–H and O–H groups in total. The highest BCUT2D eigenvalue weighted by Gasteiger charge is 2.35. The molecule has 1 saturated heterocycles. The Morgan fingerprint density at radius 3 is 2.53 bits per heavy atom. The Hall–Kier alpha value is -2.07. The molecule has 0 unspecified atom stereocenters. The minimum absolute atomic E-state index is 0.0170. The third kappa shape index (κ3) is 5.75. The second kappa shape index (κ2) is 9.82. The molecule has 2 heterocycles. The molecule has 0 atom stereocenters. The number of para-hydroxylation sites is 1. The van der Waals surface area contributed by atoms with E-state index in [-0.39, 0.29) is 28.5 Å². The minimum Gasteiger partial charge on any atom is -0.353 e. The van der Waals surface area contributed by atoms with Crippen LogP contribution in [0.2, 0.25) is 0 Å². The highest BCUT2D eigenvalue weighted by Crippen LogP contribution is 2.36. The summed E-state index contributed by atoms with van der Waals surface area (Å²) >= 11 is 1.09. The summed E-state index contributed by atoms with van der Waals surface area (Å²) in [6.45, 7) is 5.88. The standard InChI is InChI=1S/C20H26F3N5OS/c1-14(2)24-18(29)13-30-19-26-25-17(12-27-10-6-3-7-11-27)28(19)16-9-5-4-8-15(16)20(21,22)23/h4-5,8-9,14H,3,6-7,10-13H2,1-2H3,(H,24,29). The van der Waals surface area contributed by atoms with Crippen LogP contribution in [-0.2, 0) is 17.5 Å². The van der Waals surface area contributed by atoms with Crippen molar-refractivity contribution < 1.29 is 18.0 Å². The van der Waals surface area contributed by atoms with Gasteiger partial charge in [-0.25, -0.2) is 0 Å². The van der Waals surface area contributed by atoms with E-state index in [0.29, 0.717) is 12.4 Å². The van der Waals surface area contributed by atoms with Gasteiger partial charge in [-0.3, -0.25) is 14.3 Å². The second-order valence-electron chi connectivity index (χ2n) is 7.60. The fourth-order valence-corrected chi connectivity index (χ4v) is 4.23. The van der Waals surface area contributed by atoms with Gasteiger partial charge >= 0.3 is 6.18 Å². The van der Waals surface area contributed by atoms with Crippen LogP contribution in [0.3, 0.4) is 0 Å². The van der Waals surface area contributed by atoms with E-state index in [1.165, 1.54) is 16.7 Å². The lowest BCUT2D eigenvalue weighted by Gasteiger charge is -2.26. The zero-order valence-corrected chi connectivity index (χ0v) is 17.9. The molecule has 3 rings (SSSR count). The van der Waals surface area contributed by atoms with Gasteiger partial charge in [-0.15, -0.1) is 10.2 Å². The largest absolute Gasteiger partial charge is 0.418 e. The van der Waals surface area contributed by atoms with Gasteiger partial charge in [0.05, 0.1) is 23.5 Å². The van der Waals surface area contributed by atoms with Crippen LogP contribution in [0.15, 0.2) is 29.4 Å². The predicted octanol–water partition coefficient (Wildman–Crippen LogP) is 3.89. The van der Waals surface area contributed by atoms with Crippen molar-refractivity contribution in [3.05, 3.63) is 35.7 Å². The molecule has 1 aromatic carbocycles. The van der Waals surface area contributed by atoms with E-state index in [4.69, 9.17) is 0 Å². The van der Waals surface area contributed by atoms with Gasteiger partial charge in [0.2, 0.25) is 5.91 Å². The van der Waals surface area contributed by atoms with E-state index in [1.54, 1.807) is 6.07 Å². The fraction of sp³-hybridized carbons (Fsp3) is 0.550. The number of carbonyl (C=O) groups excluding carboxylic acids is 1. The number of alkyl halides is 3. The molecule has 0 radical (unpaired) electrons. The molecule has 6 nitrogen and oxygen atoms in total. The van der Waals surface area contributed by atoms with Gasteiger partial charge in [0.15, 0.2) is 11.0 Å². The van der Waals surface area contributed by atoms with Crippen LogP contribution in [0.5, 0.6) is 0 Å². The quantitative estimate of drug-likeness (QED) is 0.661. The highest BCUT2D eigenvalue weighted by molar-refractivity contribution is 7.99. The fourth-order valence-electron chi connectivity index (χ4n) is 3.46. The van der Waals surface area contributed by atoms with Gasteiger partial charge in [0, 0.05) is 6.04 Å². The number of benzene rings is 1. The summed E-state index contributed by atoms with van der Waals surface area (Å²) in [5, 5.41) is 11.4. The number of piperidine rings is 1. The number of nitrogens with zero attached hydrogens (tertiary/aromatic N) is 4. The molecule has 1 fully saturated rings. The van der Waals surface area contributed by atoms with E-state index >= 15 is 0 Å². The number of hydrogen-bond donors (Lipinski definition) is 1. The van der Waals surface area contributed by atoms with Gasteiger partial charge in [-0.1, -0.05) is 30.3 Å². The number of amides is 1. The Morgan fingerprint density at radius 2 is 1.87 bits per heavy atom. The Kier molecular flexibility index (Phi) is 7.41.